The summed E-state index contributed by atoms with van der Waals surface area (Å²) in [6.45, 7) is 3.42. The van der Waals surface area contributed by atoms with Crippen LogP contribution in [0, 0.1) is 5.92 Å². The van der Waals surface area contributed by atoms with Gasteiger partial charge in [0.05, 0.1) is 12.0 Å². The first-order valence-corrected chi connectivity index (χ1v) is 8.07. The molecule has 0 bridgehead atoms. The maximum Gasteiger partial charge on any atom is 0.228 e. The van der Waals surface area contributed by atoms with Crippen molar-refractivity contribution in [2.75, 3.05) is 13.1 Å². The monoisotopic (exact) mass is 309 g/mol. The van der Waals surface area contributed by atoms with E-state index in [4.69, 9.17) is 5.73 Å². The second-order valence-corrected chi connectivity index (χ2v) is 6.14. The van der Waals surface area contributed by atoms with Crippen LogP contribution in [0.5, 0.6) is 0 Å². The van der Waals surface area contributed by atoms with Gasteiger partial charge in [0, 0.05) is 19.1 Å². The van der Waals surface area contributed by atoms with Crippen LogP contribution in [-0.4, -0.2) is 25.0 Å². The summed E-state index contributed by atoms with van der Waals surface area (Å²) in [5, 5.41) is 8.66. The zero-order valence-corrected chi connectivity index (χ0v) is 13.3. The van der Waals surface area contributed by atoms with E-state index in [2.05, 4.69) is 34.9 Å². The lowest BCUT2D eigenvalue weighted by atomic mass is 9.96. The Morgan fingerprint density at radius 3 is 2.74 bits per heavy atom. The number of amides is 1. The molecule has 1 aliphatic heterocycles. The van der Waals surface area contributed by atoms with Gasteiger partial charge in [-0.1, -0.05) is 48.6 Å². The minimum atomic E-state index is -0.192. The lowest BCUT2D eigenvalue weighted by Gasteiger charge is -2.26. The molecule has 4 heteroatoms. The summed E-state index contributed by atoms with van der Waals surface area (Å²) in [5.41, 5.74) is 7.18. The Hall–Kier alpha value is -2.17. The normalized spacial score (nSPS) is 20.2. The van der Waals surface area contributed by atoms with Crippen molar-refractivity contribution in [1.82, 2.24) is 10.6 Å². The smallest absolute Gasteiger partial charge is 0.228 e. The molecule has 4 nitrogen and oxygen atoms in total. The lowest BCUT2D eigenvalue weighted by molar-refractivity contribution is -0.124. The van der Waals surface area contributed by atoms with Gasteiger partial charge in [-0.05, 0) is 29.3 Å². The molecule has 1 amide bonds. The van der Waals surface area contributed by atoms with E-state index in [1.54, 1.807) is 0 Å². The fourth-order valence-corrected chi connectivity index (χ4v) is 2.98. The number of hydrogen-bond donors (Lipinski definition) is 3. The molecule has 1 aliphatic rings. The molecule has 3 atom stereocenters. The molecule has 4 N–H and O–H groups in total. The van der Waals surface area contributed by atoms with E-state index < -0.39 is 0 Å². The molecule has 2 aromatic carbocycles. The van der Waals surface area contributed by atoms with Gasteiger partial charge in [-0.25, -0.2) is 0 Å². The van der Waals surface area contributed by atoms with Crippen molar-refractivity contribution >= 4 is 16.7 Å². The molecular weight excluding hydrogens is 286 g/mol. The van der Waals surface area contributed by atoms with E-state index in [-0.39, 0.29) is 23.9 Å². The van der Waals surface area contributed by atoms with Crippen LogP contribution in [0.4, 0.5) is 0 Å². The number of carbonyl (C=O) groups is 1. The van der Waals surface area contributed by atoms with Crippen molar-refractivity contribution < 1.29 is 4.79 Å². The first-order chi connectivity index (χ1) is 11.1. The van der Waals surface area contributed by atoms with Crippen molar-refractivity contribution in [2.24, 2.45) is 11.7 Å². The van der Waals surface area contributed by atoms with Crippen LogP contribution in [0.1, 0.15) is 18.5 Å². The molecule has 23 heavy (non-hydrogen) atoms. The Balaban J connectivity index is 1.83. The van der Waals surface area contributed by atoms with Gasteiger partial charge < -0.3 is 16.4 Å². The zero-order valence-electron chi connectivity index (χ0n) is 13.3. The average molecular weight is 309 g/mol. The van der Waals surface area contributed by atoms with Crippen molar-refractivity contribution in [3.05, 3.63) is 60.2 Å². The molecular formula is C19H23N3O. The standard InChI is InChI=1S/C19H23N3O/c1-13(20)18(22-19(23)17-7-4-10-21-12-17)16-9-8-14-5-2-3-6-15(14)11-16/h2-9,11,13,17-18,21H,10,12,20H2,1H3,(H,22,23). The van der Waals surface area contributed by atoms with Crippen LogP contribution in [-0.2, 0) is 4.79 Å². The third-order valence-electron chi connectivity index (χ3n) is 4.29. The largest absolute Gasteiger partial charge is 0.347 e. The summed E-state index contributed by atoms with van der Waals surface area (Å²) < 4.78 is 0. The van der Waals surface area contributed by atoms with E-state index in [0.29, 0.717) is 6.54 Å². The average Bonchev–Trinajstić information content (AvgIpc) is 2.59. The second-order valence-electron chi connectivity index (χ2n) is 6.14. The number of nitrogens with two attached hydrogens (primary N) is 1. The van der Waals surface area contributed by atoms with Gasteiger partial charge in [0.2, 0.25) is 5.91 Å². The number of nitrogens with one attached hydrogen (secondary N) is 2. The molecule has 120 valence electrons. The fourth-order valence-electron chi connectivity index (χ4n) is 2.98. The van der Waals surface area contributed by atoms with Gasteiger partial charge in [-0.3, -0.25) is 4.79 Å². The Kier molecular flexibility index (Phi) is 4.74. The van der Waals surface area contributed by atoms with Gasteiger partial charge in [0.25, 0.3) is 0 Å². The quantitative estimate of drug-likeness (QED) is 0.758. The van der Waals surface area contributed by atoms with E-state index in [9.17, 15) is 4.79 Å². The van der Waals surface area contributed by atoms with Gasteiger partial charge in [-0.15, -0.1) is 0 Å². The summed E-state index contributed by atoms with van der Waals surface area (Å²) >= 11 is 0. The predicted molar refractivity (Wildman–Crippen MR) is 94.0 cm³/mol. The minimum absolute atomic E-state index is 0.0175. The van der Waals surface area contributed by atoms with Crippen LogP contribution in [0.2, 0.25) is 0 Å². The highest BCUT2D eigenvalue weighted by atomic mass is 16.2. The van der Waals surface area contributed by atoms with Gasteiger partial charge >= 0.3 is 0 Å². The molecule has 3 rings (SSSR count). The van der Waals surface area contributed by atoms with Gasteiger partial charge in [-0.2, -0.15) is 0 Å². The Bertz CT molecular complexity index is 723. The maximum atomic E-state index is 12.5. The van der Waals surface area contributed by atoms with E-state index in [1.165, 1.54) is 5.39 Å². The van der Waals surface area contributed by atoms with Crippen molar-refractivity contribution in [3.63, 3.8) is 0 Å². The summed E-state index contributed by atoms with van der Waals surface area (Å²) in [4.78, 5) is 12.5. The number of hydrogen-bond acceptors (Lipinski definition) is 3. The van der Waals surface area contributed by atoms with Crippen molar-refractivity contribution in [1.29, 1.82) is 0 Å². The van der Waals surface area contributed by atoms with E-state index in [1.807, 2.05) is 37.3 Å². The highest BCUT2D eigenvalue weighted by molar-refractivity contribution is 5.84. The molecule has 0 radical (unpaired) electrons. The SMILES string of the molecule is CC(N)C(NC(=O)C1C=CCNC1)c1ccc2ccccc2c1. The van der Waals surface area contributed by atoms with Crippen LogP contribution in [0.3, 0.4) is 0 Å². The molecule has 3 unspecified atom stereocenters. The molecule has 0 spiro atoms. The molecule has 2 aromatic rings. The molecule has 1 heterocycles. The summed E-state index contributed by atoms with van der Waals surface area (Å²) in [5.74, 6) is -0.116. The number of fused-ring (bicyclic) bond motifs is 1. The van der Waals surface area contributed by atoms with Crippen molar-refractivity contribution in [2.45, 2.75) is 19.0 Å². The Morgan fingerprint density at radius 2 is 2.04 bits per heavy atom. The topological polar surface area (TPSA) is 67.1 Å². The first-order valence-electron chi connectivity index (χ1n) is 8.07. The zero-order chi connectivity index (χ0) is 16.2. The summed E-state index contributed by atoms with van der Waals surface area (Å²) in [6.07, 6.45) is 3.95. The molecule has 0 fully saturated rings. The van der Waals surface area contributed by atoms with Crippen LogP contribution >= 0.6 is 0 Å². The summed E-state index contributed by atoms with van der Waals surface area (Å²) in [7, 11) is 0. The fraction of sp³-hybridized carbons (Fsp3) is 0.316. The van der Waals surface area contributed by atoms with Crippen molar-refractivity contribution in [3.8, 4) is 0 Å². The maximum absolute atomic E-state index is 12.5. The Morgan fingerprint density at radius 1 is 1.26 bits per heavy atom. The predicted octanol–water partition coefficient (Wildman–Crippen LogP) is 2.12. The highest BCUT2D eigenvalue weighted by Crippen LogP contribution is 2.22. The van der Waals surface area contributed by atoms with Gasteiger partial charge in [0.15, 0.2) is 0 Å². The van der Waals surface area contributed by atoms with Crippen LogP contribution in [0.25, 0.3) is 10.8 Å². The van der Waals surface area contributed by atoms with Crippen LogP contribution in [0.15, 0.2) is 54.6 Å². The lowest BCUT2D eigenvalue weighted by Crippen LogP contribution is -2.44. The van der Waals surface area contributed by atoms with Gasteiger partial charge in [0.1, 0.15) is 0 Å². The second kappa shape index (κ2) is 6.94. The molecule has 0 saturated heterocycles. The van der Waals surface area contributed by atoms with E-state index >= 15 is 0 Å². The molecule has 0 aromatic heterocycles. The summed E-state index contributed by atoms with van der Waals surface area (Å²) in [6, 6.07) is 14.1. The third kappa shape index (κ3) is 3.60. The minimum Gasteiger partial charge on any atom is -0.347 e. The number of rotatable bonds is 4. The van der Waals surface area contributed by atoms with E-state index in [0.717, 1.165) is 17.5 Å². The third-order valence-corrected chi connectivity index (χ3v) is 4.29. The molecule has 0 saturated carbocycles. The number of carbonyl (C=O) groups excluding carboxylic acids is 1. The molecule has 0 aliphatic carbocycles. The Labute approximate surface area is 136 Å². The number of benzene rings is 2. The van der Waals surface area contributed by atoms with Crippen LogP contribution < -0.4 is 16.4 Å². The first kappa shape index (κ1) is 15.7. The highest BCUT2D eigenvalue weighted by Gasteiger charge is 2.23.